The van der Waals surface area contributed by atoms with Crippen LogP contribution in [0.1, 0.15) is 45.1 Å². The Morgan fingerprint density at radius 1 is 1.43 bits per heavy atom. The van der Waals surface area contributed by atoms with E-state index in [1.807, 2.05) is 19.1 Å². The van der Waals surface area contributed by atoms with Gasteiger partial charge in [-0.2, -0.15) is 0 Å². The van der Waals surface area contributed by atoms with Crippen LogP contribution in [0, 0.1) is 11.7 Å². The quantitative estimate of drug-likeness (QED) is 0.844. The van der Waals surface area contributed by atoms with E-state index in [0.29, 0.717) is 17.5 Å². The van der Waals surface area contributed by atoms with Crippen molar-refractivity contribution in [2.24, 2.45) is 11.7 Å². The Bertz CT molecular complexity index is 472. The van der Waals surface area contributed by atoms with Gasteiger partial charge in [0, 0.05) is 12.6 Å². The van der Waals surface area contributed by atoms with Crippen molar-refractivity contribution < 1.29 is 9.13 Å². The summed E-state index contributed by atoms with van der Waals surface area (Å²) in [5.41, 5.74) is 7.33. The van der Waals surface area contributed by atoms with Gasteiger partial charge in [0.05, 0.1) is 10.1 Å². The SMILES string of the molecule is CCOC1(C(N)Cc2ccc(F)c(Br)c2)CCC(C)CC1. The molecule has 2 nitrogen and oxygen atoms in total. The molecular weight excluding hydrogens is 333 g/mol. The van der Waals surface area contributed by atoms with Crippen LogP contribution in [0.25, 0.3) is 0 Å². The summed E-state index contributed by atoms with van der Waals surface area (Å²) in [6, 6.07) is 5.07. The van der Waals surface area contributed by atoms with Crippen molar-refractivity contribution in [1.82, 2.24) is 0 Å². The van der Waals surface area contributed by atoms with Gasteiger partial charge in [-0.3, -0.25) is 0 Å². The van der Waals surface area contributed by atoms with Crippen LogP contribution in [0.2, 0.25) is 0 Å². The summed E-state index contributed by atoms with van der Waals surface area (Å²) in [7, 11) is 0. The molecule has 0 bridgehead atoms. The maximum Gasteiger partial charge on any atom is 0.137 e. The normalized spacial score (nSPS) is 27.6. The predicted molar refractivity (Wildman–Crippen MR) is 87.8 cm³/mol. The number of ether oxygens (including phenoxy) is 1. The first-order valence-corrected chi connectivity index (χ1v) is 8.59. The second-order valence-corrected chi connectivity index (χ2v) is 7.09. The fourth-order valence-electron chi connectivity index (χ4n) is 3.27. The van der Waals surface area contributed by atoms with Gasteiger partial charge in [-0.25, -0.2) is 4.39 Å². The van der Waals surface area contributed by atoms with E-state index in [0.717, 1.165) is 24.3 Å². The van der Waals surface area contributed by atoms with Gasteiger partial charge >= 0.3 is 0 Å². The van der Waals surface area contributed by atoms with E-state index in [4.69, 9.17) is 10.5 Å². The molecule has 0 amide bonds. The van der Waals surface area contributed by atoms with E-state index in [-0.39, 0.29) is 17.5 Å². The minimum Gasteiger partial charge on any atom is -0.374 e. The molecule has 1 aliphatic rings. The molecule has 0 aliphatic heterocycles. The first-order valence-electron chi connectivity index (χ1n) is 7.80. The van der Waals surface area contributed by atoms with Crippen LogP contribution in [0.5, 0.6) is 0 Å². The zero-order valence-electron chi connectivity index (χ0n) is 12.9. The highest BCUT2D eigenvalue weighted by Gasteiger charge is 2.40. The summed E-state index contributed by atoms with van der Waals surface area (Å²) in [6.07, 6.45) is 5.09. The first-order chi connectivity index (χ1) is 9.97. The van der Waals surface area contributed by atoms with Crippen molar-refractivity contribution in [3.63, 3.8) is 0 Å². The van der Waals surface area contributed by atoms with Gasteiger partial charge in [0.25, 0.3) is 0 Å². The van der Waals surface area contributed by atoms with Gasteiger partial charge in [-0.05, 0) is 78.6 Å². The molecule has 0 heterocycles. The van der Waals surface area contributed by atoms with E-state index in [1.165, 1.54) is 18.9 Å². The lowest BCUT2D eigenvalue weighted by atomic mass is 9.74. The summed E-state index contributed by atoms with van der Waals surface area (Å²) < 4.78 is 19.9. The maximum atomic E-state index is 13.3. The Balaban J connectivity index is 2.11. The number of hydrogen-bond donors (Lipinski definition) is 1. The third-order valence-electron chi connectivity index (χ3n) is 4.67. The van der Waals surface area contributed by atoms with Crippen LogP contribution in [-0.2, 0) is 11.2 Å². The molecule has 0 saturated heterocycles. The molecule has 4 heteroatoms. The van der Waals surface area contributed by atoms with Gasteiger partial charge in [0.1, 0.15) is 5.82 Å². The summed E-state index contributed by atoms with van der Waals surface area (Å²) in [5.74, 6) is 0.518. The van der Waals surface area contributed by atoms with Crippen molar-refractivity contribution in [1.29, 1.82) is 0 Å². The molecule has 1 aliphatic carbocycles. The van der Waals surface area contributed by atoms with Crippen molar-refractivity contribution in [2.45, 2.75) is 57.6 Å². The summed E-state index contributed by atoms with van der Waals surface area (Å²) in [5, 5.41) is 0. The minimum atomic E-state index is -0.238. The number of halogens is 2. The van der Waals surface area contributed by atoms with Gasteiger partial charge in [-0.1, -0.05) is 13.0 Å². The zero-order valence-corrected chi connectivity index (χ0v) is 14.5. The van der Waals surface area contributed by atoms with Gasteiger partial charge < -0.3 is 10.5 Å². The number of rotatable bonds is 5. The highest BCUT2D eigenvalue weighted by atomic mass is 79.9. The molecule has 0 spiro atoms. The van der Waals surface area contributed by atoms with Crippen molar-refractivity contribution in [3.8, 4) is 0 Å². The smallest absolute Gasteiger partial charge is 0.137 e. The molecule has 1 aromatic rings. The van der Waals surface area contributed by atoms with Crippen molar-refractivity contribution >= 4 is 15.9 Å². The standard InChI is InChI=1S/C17H25BrFNO/c1-3-21-17(8-6-12(2)7-9-17)16(20)11-13-4-5-15(19)14(18)10-13/h4-5,10,12,16H,3,6-9,11,20H2,1-2H3. The molecular formula is C17H25BrFNO. The predicted octanol–water partition coefficient (Wildman–Crippen LogP) is 4.44. The Labute approximate surface area is 135 Å². The summed E-state index contributed by atoms with van der Waals surface area (Å²) in [4.78, 5) is 0. The van der Waals surface area contributed by atoms with E-state index >= 15 is 0 Å². The topological polar surface area (TPSA) is 35.2 Å². The number of benzene rings is 1. The van der Waals surface area contributed by atoms with Gasteiger partial charge in [0.15, 0.2) is 0 Å². The molecule has 1 aromatic carbocycles. The fraction of sp³-hybridized carbons (Fsp3) is 0.647. The van der Waals surface area contributed by atoms with Gasteiger partial charge in [0.2, 0.25) is 0 Å². The largest absolute Gasteiger partial charge is 0.374 e. The Morgan fingerprint density at radius 3 is 2.67 bits per heavy atom. The lowest BCUT2D eigenvalue weighted by molar-refractivity contribution is -0.0883. The average Bonchev–Trinajstić information content (AvgIpc) is 2.46. The van der Waals surface area contributed by atoms with E-state index in [2.05, 4.69) is 22.9 Å². The Kier molecular flexibility index (Phi) is 5.81. The lowest BCUT2D eigenvalue weighted by Gasteiger charge is -2.43. The molecule has 1 saturated carbocycles. The second-order valence-electron chi connectivity index (χ2n) is 6.24. The van der Waals surface area contributed by atoms with Crippen LogP contribution in [0.15, 0.2) is 22.7 Å². The lowest BCUT2D eigenvalue weighted by Crippen LogP contribution is -2.53. The summed E-state index contributed by atoms with van der Waals surface area (Å²) in [6.45, 7) is 5.01. The molecule has 21 heavy (non-hydrogen) atoms. The average molecular weight is 358 g/mol. The van der Waals surface area contributed by atoms with E-state index < -0.39 is 0 Å². The number of nitrogens with two attached hydrogens (primary N) is 1. The van der Waals surface area contributed by atoms with Crippen LogP contribution in [0.3, 0.4) is 0 Å². The molecule has 0 aromatic heterocycles. The maximum absolute atomic E-state index is 13.3. The van der Waals surface area contributed by atoms with Crippen molar-refractivity contribution in [3.05, 3.63) is 34.1 Å². The van der Waals surface area contributed by atoms with Crippen molar-refractivity contribution in [2.75, 3.05) is 6.61 Å². The molecule has 2 N–H and O–H groups in total. The molecule has 1 atom stereocenters. The van der Waals surface area contributed by atoms with Crippen LogP contribution in [-0.4, -0.2) is 18.2 Å². The van der Waals surface area contributed by atoms with Crippen LogP contribution >= 0.6 is 15.9 Å². The third kappa shape index (κ3) is 4.05. The minimum absolute atomic E-state index is 0.0534. The Hall–Kier alpha value is -0.450. The summed E-state index contributed by atoms with van der Waals surface area (Å²) >= 11 is 3.24. The van der Waals surface area contributed by atoms with E-state index in [1.54, 1.807) is 0 Å². The number of hydrogen-bond acceptors (Lipinski definition) is 2. The zero-order chi connectivity index (χ0) is 15.5. The monoisotopic (exact) mass is 357 g/mol. The van der Waals surface area contributed by atoms with Crippen LogP contribution in [0.4, 0.5) is 4.39 Å². The second kappa shape index (κ2) is 7.21. The van der Waals surface area contributed by atoms with E-state index in [9.17, 15) is 4.39 Å². The molecule has 2 rings (SSSR count). The van der Waals surface area contributed by atoms with Gasteiger partial charge in [-0.15, -0.1) is 0 Å². The Morgan fingerprint density at radius 2 is 2.10 bits per heavy atom. The first kappa shape index (κ1) is 16.9. The molecule has 118 valence electrons. The van der Waals surface area contributed by atoms with Crippen LogP contribution < -0.4 is 5.73 Å². The highest BCUT2D eigenvalue weighted by molar-refractivity contribution is 9.10. The molecule has 1 unspecified atom stereocenters. The molecule has 0 radical (unpaired) electrons. The third-order valence-corrected chi connectivity index (χ3v) is 5.28. The highest BCUT2D eigenvalue weighted by Crippen LogP contribution is 2.37. The molecule has 1 fully saturated rings. The fourth-order valence-corrected chi connectivity index (χ4v) is 3.69.